The largest absolute Gasteiger partial charge is 0.0683 e. The van der Waals surface area contributed by atoms with Gasteiger partial charge in [0.05, 0.1) is 0 Å². The first kappa shape index (κ1) is 30.3. The molecule has 6 rings (SSSR count). The van der Waals surface area contributed by atoms with Crippen LogP contribution in [0.15, 0.2) is 121 Å². The van der Waals surface area contributed by atoms with Crippen LogP contribution in [0.4, 0.5) is 0 Å². The minimum atomic E-state index is 1.26. The van der Waals surface area contributed by atoms with Crippen LogP contribution >= 0.6 is 0 Å². The standard InChI is InChI=1S/C30H20.4C2H6/c1-2-12-22(13-3-1)29-25-16-6-8-18-27(25)30(28-19-9-7-17-26(28)29)24-20-10-14-21-11-4-5-15-23(21)24;4*1-2/h1-20H;4*1-2H3. The summed E-state index contributed by atoms with van der Waals surface area (Å²) in [6, 6.07) is 43.7. The fraction of sp³-hybridized carbons (Fsp3) is 0.211. The number of benzene rings is 6. The molecular weight excluding hydrogens is 456 g/mol. The van der Waals surface area contributed by atoms with Gasteiger partial charge in [0.25, 0.3) is 0 Å². The third-order valence-electron chi connectivity index (χ3n) is 6.05. The van der Waals surface area contributed by atoms with Gasteiger partial charge in [-0.25, -0.2) is 0 Å². The fourth-order valence-electron chi connectivity index (χ4n) is 4.78. The summed E-state index contributed by atoms with van der Waals surface area (Å²) in [5.41, 5.74) is 5.18. The first-order chi connectivity index (χ1) is 18.9. The van der Waals surface area contributed by atoms with Crippen molar-refractivity contribution in [3.63, 3.8) is 0 Å². The fourth-order valence-corrected chi connectivity index (χ4v) is 4.78. The van der Waals surface area contributed by atoms with Gasteiger partial charge in [-0.2, -0.15) is 0 Å². The third kappa shape index (κ3) is 6.14. The number of hydrogen-bond acceptors (Lipinski definition) is 0. The van der Waals surface area contributed by atoms with Crippen LogP contribution in [-0.4, -0.2) is 0 Å². The van der Waals surface area contributed by atoms with Crippen LogP contribution in [0.25, 0.3) is 54.6 Å². The van der Waals surface area contributed by atoms with Crippen molar-refractivity contribution in [1.29, 1.82) is 0 Å². The topological polar surface area (TPSA) is 0 Å². The zero-order valence-corrected chi connectivity index (χ0v) is 24.5. The second kappa shape index (κ2) is 16.0. The van der Waals surface area contributed by atoms with Gasteiger partial charge < -0.3 is 0 Å². The van der Waals surface area contributed by atoms with Crippen molar-refractivity contribution in [2.45, 2.75) is 55.4 Å². The summed E-state index contributed by atoms with van der Waals surface area (Å²) in [6.45, 7) is 16.0. The van der Waals surface area contributed by atoms with Crippen molar-refractivity contribution in [2.24, 2.45) is 0 Å². The Hall–Kier alpha value is -3.90. The van der Waals surface area contributed by atoms with E-state index in [4.69, 9.17) is 0 Å². The Kier molecular flexibility index (Phi) is 12.8. The quantitative estimate of drug-likeness (QED) is 0.207. The summed E-state index contributed by atoms with van der Waals surface area (Å²) < 4.78 is 0. The van der Waals surface area contributed by atoms with E-state index < -0.39 is 0 Å². The molecule has 0 bridgehead atoms. The zero-order valence-electron chi connectivity index (χ0n) is 24.5. The smallest absolute Gasteiger partial charge is 0.00201 e. The van der Waals surface area contributed by atoms with Crippen molar-refractivity contribution in [3.8, 4) is 22.3 Å². The molecule has 0 amide bonds. The summed E-state index contributed by atoms with van der Waals surface area (Å²) in [4.78, 5) is 0. The molecule has 6 aromatic rings. The minimum absolute atomic E-state index is 1.26. The van der Waals surface area contributed by atoms with Crippen molar-refractivity contribution < 1.29 is 0 Å². The van der Waals surface area contributed by atoms with Gasteiger partial charge in [0, 0.05) is 0 Å². The second-order valence-corrected chi connectivity index (χ2v) is 7.73. The summed E-state index contributed by atoms with van der Waals surface area (Å²) in [5.74, 6) is 0. The number of fused-ring (bicyclic) bond motifs is 3. The Morgan fingerprint density at radius 1 is 0.289 bits per heavy atom. The predicted molar refractivity (Wildman–Crippen MR) is 175 cm³/mol. The minimum Gasteiger partial charge on any atom is -0.0683 e. The number of hydrogen-bond donors (Lipinski definition) is 0. The molecule has 0 saturated carbocycles. The monoisotopic (exact) mass is 500 g/mol. The summed E-state index contributed by atoms with van der Waals surface area (Å²) in [7, 11) is 0. The highest BCUT2D eigenvalue weighted by molar-refractivity contribution is 6.23. The van der Waals surface area contributed by atoms with E-state index in [1.54, 1.807) is 0 Å². The van der Waals surface area contributed by atoms with Crippen LogP contribution in [0.2, 0.25) is 0 Å². The van der Waals surface area contributed by atoms with E-state index in [0.717, 1.165) is 0 Å². The van der Waals surface area contributed by atoms with Crippen LogP contribution in [0.1, 0.15) is 55.4 Å². The van der Waals surface area contributed by atoms with Crippen LogP contribution in [0.5, 0.6) is 0 Å². The van der Waals surface area contributed by atoms with Crippen molar-refractivity contribution in [2.75, 3.05) is 0 Å². The highest BCUT2D eigenvalue weighted by Gasteiger charge is 2.17. The lowest BCUT2D eigenvalue weighted by Gasteiger charge is -2.18. The molecule has 196 valence electrons. The average Bonchev–Trinajstić information content (AvgIpc) is 3.04. The van der Waals surface area contributed by atoms with Gasteiger partial charge in [-0.3, -0.25) is 0 Å². The Labute approximate surface area is 231 Å². The van der Waals surface area contributed by atoms with Gasteiger partial charge in [-0.1, -0.05) is 177 Å². The lowest BCUT2D eigenvalue weighted by molar-refractivity contribution is 1.50. The molecule has 0 nitrogen and oxygen atoms in total. The van der Waals surface area contributed by atoms with Crippen LogP contribution in [-0.2, 0) is 0 Å². The van der Waals surface area contributed by atoms with Gasteiger partial charge in [0.15, 0.2) is 0 Å². The molecule has 0 heterocycles. The normalized spacial score (nSPS) is 9.58. The van der Waals surface area contributed by atoms with E-state index in [9.17, 15) is 0 Å². The van der Waals surface area contributed by atoms with E-state index in [1.807, 2.05) is 55.4 Å². The van der Waals surface area contributed by atoms with E-state index in [0.29, 0.717) is 0 Å². The molecule has 0 aromatic heterocycles. The maximum absolute atomic E-state index is 2.27. The average molecular weight is 501 g/mol. The van der Waals surface area contributed by atoms with E-state index >= 15 is 0 Å². The van der Waals surface area contributed by atoms with Gasteiger partial charge in [-0.05, 0) is 54.6 Å². The third-order valence-corrected chi connectivity index (χ3v) is 6.05. The Morgan fingerprint density at radius 2 is 0.658 bits per heavy atom. The first-order valence-corrected chi connectivity index (χ1v) is 14.4. The lowest BCUT2D eigenvalue weighted by atomic mass is 9.85. The Balaban J connectivity index is 0.000000583. The number of rotatable bonds is 2. The predicted octanol–water partition coefficient (Wildman–Crippen LogP) is 12.6. The van der Waals surface area contributed by atoms with Crippen LogP contribution in [0, 0.1) is 0 Å². The molecule has 0 N–H and O–H groups in total. The zero-order chi connectivity index (χ0) is 27.9. The Morgan fingerprint density at radius 3 is 1.16 bits per heavy atom. The van der Waals surface area contributed by atoms with Gasteiger partial charge >= 0.3 is 0 Å². The summed E-state index contributed by atoms with van der Waals surface area (Å²) >= 11 is 0. The molecular formula is C38H44. The summed E-state index contributed by atoms with van der Waals surface area (Å²) in [5, 5.41) is 7.76. The molecule has 0 saturated heterocycles. The molecule has 0 aliphatic rings. The molecule has 0 aliphatic carbocycles. The molecule has 0 atom stereocenters. The first-order valence-electron chi connectivity index (χ1n) is 14.4. The lowest BCUT2D eigenvalue weighted by Crippen LogP contribution is -1.91. The molecule has 0 fully saturated rings. The van der Waals surface area contributed by atoms with E-state index in [-0.39, 0.29) is 0 Å². The molecule has 0 aliphatic heterocycles. The molecule has 0 radical (unpaired) electrons. The van der Waals surface area contributed by atoms with E-state index in [2.05, 4.69) is 121 Å². The van der Waals surface area contributed by atoms with Crippen molar-refractivity contribution in [3.05, 3.63) is 121 Å². The van der Waals surface area contributed by atoms with Gasteiger partial charge in [0.1, 0.15) is 0 Å². The van der Waals surface area contributed by atoms with E-state index in [1.165, 1.54) is 54.6 Å². The van der Waals surface area contributed by atoms with Crippen molar-refractivity contribution >= 4 is 32.3 Å². The van der Waals surface area contributed by atoms with Crippen LogP contribution in [0.3, 0.4) is 0 Å². The SMILES string of the molecule is CC.CC.CC.CC.c1ccc(-c2c3ccccc3c(-c3cccc4ccccc34)c3ccccc23)cc1. The molecule has 0 unspecified atom stereocenters. The second-order valence-electron chi connectivity index (χ2n) is 7.73. The highest BCUT2D eigenvalue weighted by atomic mass is 14.2. The maximum Gasteiger partial charge on any atom is -0.00201 e. The maximum atomic E-state index is 2.27. The highest BCUT2D eigenvalue weighted by Crippen LogP contribution is 2.44. The molecule has 0 spiro atoms. The Bertz CT molecular complexity index is 1460. The molecule has 0 heteroatoms. The molecule has 6 aromatic carbocycles. The van der Waals surface area contributed by atoms with Gasteiger partial charge in [0.2, 0.25) is 0 Å². The van der Waals surface area contributed by atoms with Crippen LogP contribution < -0.4 is 0 Å². The van der Waals surface area contributed by atoms with Crippen molar-refractivity contribution in [1.82, 2.24) is 0 Å². The summed E-state index contributed by atoms with van der Waals surface area (Å²) in [6.07, 6.45) is 0. The van der Waals surface area contributed by atoms with Gasteiger partial charge in [-0.15, -0.1) is 0 Å². The molecule has 38 heavy (non-hydrogen) atoms.